The molecule has 0 saturated heterocycles. The molecule has 2 N–H and O–H groups in total. The molecule has 2 aromatic rings. The molecular formula is C15H14ClN3O3. The fourth-order valence-corrected chi connectivity index (χ4v) is 1.78. The van der Waals surface area contributed by atoms with Crippen LogP contribution in [0, 0.1) is 0 Å². The van der Waals surface area contributed by atoms with Crippen molar-refractivity contribution >= 4 is 35.1 Å². The summed E-state index contributed by atoms with van der Waals surface area (Å²) in [5.41, 5.74) is 0.905. The van der Waals surface area contributed by atoms with Crippen molar-refractivity contribution in [1.82, 2.24) is 4.98 Å². The summed E-state index contributed by atoms with van der Waals surface area (Å²) in [6.45, 7) is 2.00. The molecule has 1 aromatic heterocycles. The summed E-state index contributed by atoms with van der Waals surface area (Å²) < 4.78 is 4.89. The zero-order chi connectivity index (χ0) is 15.9. The van der Waals surface area contributed by atoms with Gasteiger partial charge < -0.3 is 10.1 Å². The fourth-order valence-electron chi connectivity index (χ4n) is 1.65. The molecule has 1 heterocycles. The van der Waals surface area contributed by atoms with Crippen LogP contribution < -0.4 is 10.6 Å². The van der Waals surface area contributed by atoms with Gasteiger partial charge in [-0.25, -0.2) is 14.6 Å². The second-order valence-electron chi connectivity index (χ2n) is 4.24. The Labute approximate surface area is 132 Å². The van der Waals surface area contributed by atoms with E-state index in [1.54, 1.807) is 31.2 Å². The van der Waals surface area contributed by atoms with Crippen molar-refractivity contribution in [2.75, 3.05) is 17.2 Å². The summed E-state index contributed by atoms with van der Waals surface area (Å²) in [4.78, 5) is 27.5. The molecule has 0 aliphatic rings. The molecular weight excluding hydrogens is 306 g/mol. The summed E-state index contributed by atoms with van der Waals surface area (Å²) in [6.07, 6.45) is 1.42. The van der Waals surface area contributed by atoms with Crippen LogP contribution in [0.25, 0.3) is 0 Å². The van der Waals surface area contributed by atoms with E-state index in [9.17, 15) is 9.59 Å². The van der Waals surface area contributed by atoms with E-state index in [-0.39, 0.29) is 12.4 Å². The highest BCUT2D eigenvalue weighted by atomic mass is 35.5. The van der Waals surface area contributed by atoms with E-state index < -0.39 is 12.0 Å². The molecule has 0 atom stereocenters. The minimum absolute atomic E-state index is 0.247. The lowest BCUT2D eigenvalue weighted by molar-refractivity contribution is 0.0526. The first kappa shape index (κ1) is 15.8. The number of benzene rings is 1. The van der Waals surface area contributed by atoms with Crippen LogP contribution in [-0.2, 0) is 4.74 Å². The molecule has 0 fully saturated rings. The maximum atomic E-state index is 11.9. The first-order valence-electron chi connectivity index (χ1n) is 6.55. The highest BCUT2D eigenvalue weighted by molar-refractivity contribution is 6.30. The van der Waals surface area contributed by atoms with E-state index >= 15 is 0 Å². The normalized spacial score (nSPS) is 9.91. The standard InChI is InChI=1S/C15H14ClN3O3/c1-2-22-14(20)10-7-8-17-13(9-10)19-15(21)18-12-5-3-11(16)4-6-12/h3-9H,2H2,1H3,(H2,17,18,19,21). The van der Waals surface area contributed by atoms with Gasteiger partial charge in [-0.2, -0.15) is 0 Å². The van der Waals surface area contributed by atoms with Crippen LogP contribution in [-0.4, -0.2) is 23.6 Å². The molecule has 0 spiro atoms. The molecule has 0 bridgehead atoms. The number of aromatic nitrogens is 1. The molecule has 0 aliphatic carbocycles. The molecule has 1 aromatic carbocycles. The topological polar surface area (TPSA) is 80.3 Å². The number of nitrogens with one attached hydrogen (secondary N) is 2. The van der Waals surface area contributed by atoms with Crippen molar-refractivity contribution < 1.29 is 14.3 Å². The summed E-state index contributed by atoms with van der Waals surface area (Å²) in [6, 6.07) is 9.15. The molecule has 7 heteroatoms. The third-order valence-electron chi connectivity index (χ3n) is 2.61. The smallest absolute Gasteiger partial charge is 0.338 e. The summed E-state index contributed by atoms with van der Waals surface area (Å²) >= 11 is 5.77. The quantitative estimate of drug-likeness (QED) is 0.844. The number of esters is 1. The Hall–Kier alpha value is -2.60. The fraction of sp³-hybridized carbons (Fsp3) is 0.133. The lowest BCUT2D eigenvalue weighted by Gasteiger charge is -2.08. The molecule has 6 nitrogen and oxygen atoms in total. The second-order valence-corrected chi connectivity index (χ2v) is 4.67. The predicted octanol–water partition coefficient (Wildman–Crippen LogP) is 3.56. The lowest BCUT2D eigenvalue weighted by atomic mass is 10.2. The lowest BCUT2D eigenvalue weighted by Crippen LogP contribution is -2.20. The van der Waals surface area contributed by atoms with Gasteiger partial charge in [-0.15, -0.1) is 0 Å². The third-order valence-corrected chi connectivity index (χ3v) is 2.87. The van der Waals surface area contributed by atoms with Gasteiger partial charge in [0.25, 0.3) is 0 Å². The second kappa shape index (κ2) is 7.42. The Bertz CT molecular complexity index is 674. The molecule has 0 radical (unpaired) electrons. The first-order chi connectivity index (χ1) is 10.6. The van der Waals surface area contributed by atoms with Crippen LogP contribution in [0.2, 0.25) is 5.02 Å². The number of halogens is 1. The van der Waals surface area contributed by atoms with Crippen LogP contribution >= 0.6 is 11.6 Å². The van der Waals surface area contributed by atoms with Crippen LogP contribution in [0.15, 0.2) is 42.6 Å². The number of rotatable bonds is 4. The summed E-state index contributed by atoms with van der Waals surface area (Å²) in [7, 11) is 0. The van der Waals surface area contributed by atoms with E-state index in [0.29, 0.717) is 16.3 Å². The van der Waals surface area contributed by atoms with Gasteiger partial charge in [0.2, 0.25) is 0 Å². The molecule has 114 valence electrons. The molecule has 0 unspecified atom stereocenters. The van der Waals surface area contributed by atoms with E-state index in [0.717, 1.165) is 0 Å². The SMILES string of the molecule is CCOC(=O)c1ccnc(NC(=O)Nc2ccc(Cl)cc2)c1. The minimum Gasteiger partial charge on any atom is -0.462 e. The monoisotopic (exact) mass is 319 g/mol. The number of ether oxygens (including phenoxy) is 1. The zero-order valence-corrected chi connectivity index (χ0v) is 12.6. The van der Waals surface area contributed by atoms with Gasteiger partial charge in [0.1, 0.15) is 5.82 Å². The number of anilines is 2. The van der Waals surface area contributed by atoms with Crippen LogP contribution in [0.1, 0.15) is 17.3 Å². The molecule has 2 rings (SSSR count). The number of nitrogens with zero attached hydrogens (tertiary/aromatic N) is 1. The van der Waals surface area contributed by atoms with Gasteiger partial charge >= 0.3 is 12.0 Å². The Morgan fingerprint density at radius 1 is 1.18 bits per heavy atom. The van der Waals surface area contributed by atoms with Gasteiger partial charge in [-0.05, 0) is 43.3 Å². The van der Waals surface area contributed by atoms with E-state index in [1.807, 2.05) is 0 Å². The number of hydrogen-bond acceptors (Lipinski definition) is 4. The Balaban J connectivity index is 2.00. The Kier molecular flexibility index (Phi) is 5.32. The summed E-state index contributed by atoms with van der Waals surface area (Å²) in [5, 5.41) is 5.75. The van der Waals surface area contributed by atoms with Crippen molar-refractivity contribution in [3.63, 3.8) is 0 Å². The highest BCUT2D eigenvalue weighted by Crippen LogP contribution is 2.14. The van der Waals surface area contributed by atoms with Crippen molar-refractivity contribution in [2.24, 2.45) is 0 Å². The molecule has 0 aliphatic heterocycles. The number of urea groups is 1. The Morgan fingerprint density at radius 3 is 2.59 bits per heavy atom. The van der Waals surface area contributed by atoms with Crippen molar-refractivity contribution in [3.05, 3.63) is 53.2 Å². The minimum atomic E-state index is -0.476. The van der Waals surface area contributed by atoms with Crippen molar-refractivity contribution in [2.45, 2.75) is 6.92 Å². The van der Waals surface area contributed by atoms with Gasteiger partial charge in [-0.3, -0.25) is 5.32 Å². The molecule has 0 saturated carbocycles. The number of hydrogen-bond donors (Lipinski definition) is 2. The van der Waals surface area contributed by atoms with Crippen molar-refractivity contribution in [3.8, 4) is 0 Å². The van der Waals surface area contributed by atoms with E-state index in [2.05, 4.69) is 15.6 Å². The maximum Gasteiger partial charge on any atom is 0.338 e. The van der Waals surface area contributed by atoms with Crippen LogP contribution in [0.3, 0.4) is 0 Å². The first-order valence-corrected chi connectivity index (χ1v) is 6.93. The van der Waals surface area contributed by atoms with Gasteiger partial charge in [0.15, 0.2) is 0 Å². The van der Waals surface area contributed by atoms with Crippen LogP contribution in [0.4, 0.5) is 16.3 Å². The van der Waals surface area contributed by atoms with Crippen molar-refractivity contribution in [1.29, 1.82) is 0 Å². The van der Waals surface area contributed by atoms with E-state index in [1.165, 1.54) is 18.3 Å². The number of amides is 2. The Morgan fingerprint density at radius 2 is 1.91 bits per heavy atom. The average Bonchev–Trinajstić information content (AvgIpc) is 2.50. The molecule has 22 heavy (non-hydrogen) atoms. The van der Waals surface area contributed by atoms with Gasteiger partial charge in [0, 0.05) is 16.9 Å². The van der Waals surface area contributed by atoms with Gasteiger partial charge in [0.05, 0.1) is 12.2 Å². The van der Waals surface area contributed by atoms with Gasteiger partial charge in [-0.1, -0.05) is 11.6 Å². The number of pyridine rings is 1. The number of carbonyl (C=O) groups is 2. The van der Waals surface area contributed by atoms with E-state index in [4.69, 9.17) is 16.3 Å². The summed E-state index contributed by atoms with van der Waals surface area (Å²) in [5.74, 6) is -0.219. The zero-order valence-electron chi connectivity index (χ0n) is 11.8. The predicted molar refractivity (Wildman–Crippen MR) is 84.3 cm³/mol. The highest BCUT2D eigenvalue weighted by Gasteiger charge is 2.09. The third kappa shape index (κ3) is 4.46. The maximum absolute atomic E-state index is 11.9. The largest absolute Gasteiger partial charge is 0.462 e. The van der Waals surface area contributed by atoms with Crippen LogP contribution in [0.5, 0.6) is 0 Å². The average molecular weight is 320 g/mol. The molecule has 2 amide bonds. The number of carbonyl (C=O) groups excluding carboxylic acids is 2.